The Morgan fingerprint density at radius 1 is 1.40 bits per heavy atom. The molecule has 0 saturated carbocycles. The molecular weight excluding hydrogens is 200 g/mol. The van der Waals surface area contributed by atoms with Crippen molar-refractivity contribution in [3.63, 3.8) is 0 Å². The van der Waals surface area contributed by atoms with Crippen LogP contribution in [0.25, 0.3) is 11.4 Å². The maximum atomic E-state index is 10.7. The van der Waals surface area contributed by atoms with E-state index in [9.17, 15) is 15.3 Å². The van der Waals surface area contributed by atoms with Crippen molar-refractivity contribution in [3.8, 4) is 11.4 Å². The van der Waals surface area contributed by atoms with Crippen molar-refractivity contribution in [1.29, 1.82) is 0 Å². The molecule has 0 aliphatic heterocycles. The van der Waals surface area contributed by atoms with E-state index in [4.69, 9.17) is 0 Å². The van der Waals surface area contributed by atoms with Crippen LogP contribution in [0, 0.1) is 10.1 Å². The Bertz CT molecular complexity index is 508. The van der Waals surface area contributed by atoms with Gasteiger partial charge < -0.3 is 5.21 Å². The van der Waals surface area contributed by atoms with Gasteiger partial charge in [-0.05, 0) is 6.07 Å². The maximum Gasteiger partial charge on any atom is 0.280 e. The topological polar surface area (TPSA) is 94.1 Å². The lowest BCUT2D eigenvalue weighted by Crippen LogP contribution is -1.97. The largest absolute Gasteiger partial charge is 0.425 e. The number of nitro groups is 1. The molecule has 15 heavy (non-hydrogen) atoms. The molecule has 0 fully saturated rings. The van der Waals surface area contributed by atoms with E-state index in [-0.39, 0.29) is 17.1 Å². The molecule has 1 N–H and O–H groups in total. The average Bonchev–Trinajstić information content (AvgIpc) is 2.64. The molecule has 1 aromatic carbocycles. The first-order chi connectivity index (χ1) is 7.20. The van der Waals surface area contributed by atoms with Crippen LogP contribution in [0.1, 0.15) is 0 Å². The smallest absolute Gasteiger partial charge is 0.280 e. The number of aromatic nitrogens is 3. The molecule has 0 aliphatic rings. The van der Waals surface area contributed by atoms with Crippen LogP contribution in [0.3, 0.4) is 0 Å². The molecule has 1 heterocycles. The predicted molar refractivity (Wildman–Crippen MR) is 49.3 cm³/mol. The highest BCUT2D eigenvalue weighted by Gasteiger charge is 2.18. The Kier molecular flexibility index (Phi) is 2.05. The zero-order valence-electron chi connectivity index (χ0n) is 7.44. The van der Waals surface area contributed by atoms with Crippen molar-refractivity contribution < 1.29 is 10.1 Å². The van der Waals surface area contributed by atoms with Gasteiger partial charge in [-0.1, -0.05) is 12.1 Å². The van der Waals surface area contributed by atoms with E-state index >= 15 is 0 Å². The number of hydrogen-bond donors (Lipinski definition) is 1. The molecule has 0 spiro atoms. The van der Waals surface area contributed by atoms with Crippen molar-refractivity contribution in [3.05, 3.63) is 40.7 Å². The molecule has 1 aromatic heterocycles. The summed E-state index contributed by atoms with van der Waals surface area (Å²) in [6.07, 6.45) is 1.06. The van der Waals surface area contributed by atoms with Crippen molar-refractivity contribution in [2.45, 2.75) is 0 Å². The number of hydrogen-bond acceptors (Lipinski definition) is 5. The van der Waals surface area contributed by atoms with Crippen LogP contribution in [0.5, 0.6) is 0 Å². The van der Waals surface area contributed by atoms with Gasteiger partial charge in [0.15, 0.2) is 6.33 Å². The molecule has 7 nitrogen and oxygen atoms in total. The fraction of sp³-hybridized carbons (Fsp3) is 0. The summed E-state index contributed by atoms with van der Waals surface area (Å²) in [5.41, 5.74) is 0.100. The van der Waals surface area contributed by atoms with Gasteiger partial charge in [0.25, 0.3) is 5.69 Å². The Hall–Kier alpha value is -2.44. The van der Waals surface area contributed by atoms with Crippen LogP contribution < -0.4 is 0 Å². The standard InChI is InChI=1S/C8H6N4O3/c13-11-5-9-10-8(11)6-3-1-2-4-7(6)12(14)15/h1-5,13H. The van der Waals surface area contributed by atoms with Crippen LogP contribution in [-0.4, -0.2) is 25.1 Å². The molecule has 0 unspecified atom stereocenters. The molecule has 2 rings (SSSR count). The minimum atomic E-state index is -0.538. The molecule has 0 bridgehead atoms. The van der Waals surface area contributed by atoms with Gasteiger partial charge >= 0.3 is 0 Å². The number of benzene rings is 1. The van der Waals surface area contributed by atoms with Gasteiger partial charge in [0.2, 0.25) is 5.82 Å². The molecule has 0 radical (unpaired) electrons. The monoisotopic (exact) mass is 206 g/mol. The summed E-state index contributed by atoms with van der Waals surface area (Å²) in [7, 11) is 0. The fourth-order valence-corrected chi connectivity index (χ4v) is 1.23. The quantitative estimate of drug-likeness (QED) is 0.451. The summed E-state index contributed by atoms with van der Waals surface area (Å²) in [6, 6.07) is 6.00. The second kappa shape index (κ2) is 3.37. The van der Waals surface area contributed by atoms with Gasteiger partial charge in [0, 0.05) is 6.07 Å². The van der Waals surface area contributed by atoms with E-state index in [1.165, 1.54) is 12.1 Å². The summed E-state index contributed by atoms with van der Waals surface area (Å²) in [5, 5.41) is 27.0. The fourth-order valence-electron chi connectivity index (χ4n) is 1.23. The average molecular weight is 206 g/mol. The normalized spacial score (nSPS) is 10.1. The highest BCUT2D eigenvalue weighted by Crippen LogP contribution is 2.26. The number of para-hydroxylation sites is 1. The predicted octanol–water partition coefficient (Wildman–Crippen LogP) is 1.09. The minimum absolute atomic E-state index is 0.0438. The Labute approximate surface area is 83.7 Å². The third kappa shape index (κ3) is 1.50. The second-order valence-corrected chi connectivity index (χ2v) is 2.77. The van der Waals surface area contributed by atoms with E-state index in [0.717, 1.165) is 6.33 Å². The van der Waals surface area contributed by atoms with Crippen LogP contribution in [0.15, 0.2) is 30.6 Å². The van der Waals surface area contributed by atoms with Gasteiger partial charge in [-0.2, -0.15) is 4.73 Å². The lowest BCUT2D eigenvalue weighted by Gasteiger charge is -1.99. The lowest BCUT2D eigenvalue weighted by atomic mass is 10.2. The molecular formula is C8H6N4O3. The van der Waals surface area contributed by atoms with Crippen LogP contribution in [-0.2, 0) is 0 Å². The maximum absolute atomic E-state index is 10.7. The molecule has 0 amide bonds. The van der Waals surface area contributed by atoms with Crippen LogP contribution >= 0.6 is 0 Å². The van der Waals surface area contributed by atoms with Crippen molar-refractivity contribution in [1.82, 2.24) is 14.9 Å². The second-order valence-electron chi connectivity index (χ2n) is 2.77. The van der Waals surface area contributed by atoms with Gasteiger partial charge in [-0.3, -0.25) is 10.1 Å². The molecule has 76 valence electrons. The molecule has 2 aromatic rings. The van der Waals surface area contributed by atoms with Crippen LogP contribution in [0.4, 0.5) is 5.69 Å². The van der Waals surface area contributed by atoms with E-state index < -0.39 is 4.92 Å². The van der Waals surface area contributed by atoms with Crippen molar-refractivity contribution >= 4 is 5.69 Å². The molecule has 7 heteroatoms. The first-order valence-corrected chi connectivity index (χ1v) is 4.03. The summed E-state index contributed by atoms with van der Waals surface area (Å²) in [6.45, 7) is 0. The first-order valence-electron chi connectivity index (χ1n) is 4.03. The summed E-state index contributed by atoms with van der Waals surface area (Å²) in [4.78, 5) is 10.2. The zero-order chi connectivity index (χ0) is 10.8. The van der Waals surface area contributed by atoms with Gasteiger partial charge in [0.05, 0.1) is 4.92 Å². The summed E-state index contributed by atoms with van der Waals surface area (Å²) in [5.74, 6) is 0.0438. The number of nitro benzene ring substituents is 1. The highest BCUT2D eigenvalue weighted by atomic mass is 16.6. The zero-order valence-corrected chi connectivity index (χ0v) is 7.44. The molecule has 0 aliphatic carbocycles. The molecule has 0 atom stereocenters. The van der Waals surface area contributed by atoms with E-state index in [2.05, 4.69) is 10.2 Å². The van der Waals surface area contributed by atoms with Crippen molar-refractivity contribution in [2.75, 3.05) is 0 Å². The third-order valence-electron chi connectivity index (χ3n) is 1.87. The first kappa shape index (κ1) is 9.13. The van der Waals surface area contributed by atoms with E-state index in [0.29, 0.717) is 4.73 Å². The third-order valence-corrected chi connectivity index (χ3v) is 1.87. The van der Waals surface area contributed by atoms with E-state index in [1.54, 1.807) is 12.1 Å². The Morgan fingerprint density at radius 2 is 2.13 bits per heavy atom. The number of nitrogens with zero attached hydrogens (tertiary/aromatic N) is 4. The van der Waals surface area contributed by atoms with Gasteiger partial charge in [0.1, 0.15) is 5.56 Å². The van der Waals surface area contributed by atoms with Crippen LogP contribution in [0.2, 0.25) is 0 Å². The summed E-state index contributed by atoms with van der Waals surface area (Å²) < 4.78 is 0.641. The van der Waals surface area contributed by atoms with Gasteiger partial charge in [-0.25, -0.2) is 0 Å². The minimum Gasteiger partial charge on any atom is -0.425 e. The summed E-state index contributed by atoms with van der Waals surface area (Å²) >= 11 is 0. The SMILES string of the molecule is O=[N+]([O-])c1ccccc1-c1nncn1O. The van der Waals surface area contributed by atoms with E-state index in [1.807, 2.05) is 0 Å². The number of rotatable bonds is 2. The van der Waals surface area contributed by atoms with Gasteiger partial charge in [-0.15, -0.1) is 10.2 Å². The lowest BCUT2D eigenvalue weighted by molar-refractivity contribution is -0.384. The van der Waals surface area contributed by atoms with Crippen molar-refractivity contribution in [2.24, 2.45) is 0 Å². The molecule has 0 saturated heterocycles. The Balaban J connectivity index is 2.63. The highest BCUT2D eigenvalue weighted by molar-refractivity contribution is 5.67. The Morgan fingerprint density at radius 3 is 2.73 bits per heavy atom.